The summed E-state index contributed by atoms with van der Waals surface area (Å²) in [4.78, 5) is 12.6. The van der Waals surface area contributed by atoms with Crippen molar-refractivity contribution in [2.45, 2.75) is 12.2 Å². The molecule has 1 aliphatic heterocycles. The molecule has 7 heteroatoms. The van der Waals surface area contributed by atoms with Crippen LogP contribution in [0.1, 0.15) is 11.1 Å². The zero-order chi connectivity index (χ0) is 13.5. The van der Waals surface area contributed by atoms with Gasteiger partial charge in [-0.3, -0.25) is 4.79 Å². The number of carbonyl (C=O) groups excluding carboxylic acids is 1. The lowest BCUT2D eigenvalue weighted by atomic mass is 10.0. The maximum absolute atomic E-state index is 12.5. The topological polar surface area (TPSA) is 70.1 Å². The Kier molecular flexibility index (Phi) is 2.75. The highest BCUT2D eigenvalue weighted by Crippen LogP contribution is 2.33. The van der Waals surface area contributed by atoms with Crippen LogP contribution in [-0.4, -0.2) is 18.5 Å². The standard InChI is InChI=1S/C11H8F3N3O/c12-11(13,14)7-1-2-9(6(3-7)4-15)17-5-8(16)10(17)18/h1-3,8H,5,16H2. The summed E-state index contributed by atoms with van der Waals surface area (Å²) >= 11 is 0. The van der Waals surface area contributed by atoms with Gasteiger partial charge in [-0.1, -0.05) is 0 Å². The monoisotopic (exact) mass is 255 g/mol. The number of β-lactam (4-membered cyclic amide) rings is 1. The predicted octanol–water partition coefficient (Wildman–Crippen LogP) is 1.25. The van der Waals surface area contributed by atoms with E-state index in [1.807, 2.05) is 0 Å². The Hall–Kier alpha value is -2.07. The smallest absolute Gasteiger partial charge is 0.318 e. The molecule has 0 aromatic heterocycles. The minimum absolute atomic E-state index is 0.164. The Morgan fingerprint density at radius 2 is 2.11 bits per heavy atom. The quantitative estimate of drug-likeness (QED) is 0.768. The van der Waals surface area contributed by atoms with Gasteiger partial charge < -0.3 is 10.6 Å². The van der Waals surface area contributed by atoms with Crippen molar-refractivity contribution in [1.29, 1.82) is 5.26 Å². The number of halogens is 3. The first-order chi connectivity index (χ1) is 8.34. The van der Waals surface area contributed by atoms with Crippen LogP contribution in [0.2, 0.25) is 0 Å². The van der Waals surface area contributed by atoms with Gasteiger partial charge in [0.15, 0.2) is 0 Å². The number of anilines is 1. The Morgan fingerprint density at radius 1 is 1.44 bits per heavy atom. The van der Waals surface area contributed by atoms with Crippen LogP contribution in [0.4, 0.5) is 18.9 Å². The first-order valence-corrected chi connectivity index (χ1v) is 5.03. The van der Waals surface area contributed by atoms with Gasteiger partial charge in [-0.05, 0) is 18.2 Å². The molecule has 4 nitrogen and oxygen atoms in total. The SMILES string of the molecule is N#Cc1cc(C(F)(F)F)ccc1N1CC(N)C1=O. The van der Waals surface area contributed by atoms with Gasteiger partial charge in [0.2, 0.25) is 5.91 Å². The molecule has 0 radical (unpaired) electrons. The van der Waals surface area contributed by atoms with Gasteiger partial charge in [0.1, 0.15) is 12.1 Å². The normalized spacial score (nSPS) is 19.4. The molecule has 1 amide bonds. The molecule has 2 N–H and O–H groups in total. The zero-order valence-corrected chi connectivity index (χ0v) is 9.03. The van der Waals surface area contributed by atoms with E-state index in [9.17, 15) is 18.0 Å². The van der Waals surface area contributed by atoms with Crippen LogP contribution in [0.25, 0.3) is 0 Å². The van der Waals surface area contributed by atoms with Crippen molar-refractivity contribution in [3.05, 3.63) is 29.3 Å². The molecule has 2 rings (SSSR count). The highest BCUT2D eigenvalue weighted by molar-refractivity contribution is 6.04. The summed E-state index contributed by atoms with van der Waals surface area (Å²) in [5, 5.41) is 8.84. The Bertz CT molecular complexity index is 547. The Morgan fingerprint density at radius 3 is 2.56 bits per heavy atom. The molecule has 1 atom stereocenters. The molecule has 0 aliphatic carbocycles. The number of hydrogen-bond acceptors (Lipinski definition) is 3. The number of nitrogens with two attached hydrogens (primary N) is 1. The molecular weight excluding hydrogens is 247 g/mol. The second kappa shape index (κ2) is 3.99. The second-order valence-corrected chi connectivity index (χ2v) is 3.90. The van der Waals surface area contributed by atoms with E-state index >= 15 is 0 Å². The van der Waals surface area contributed by atoms with Gasteiger partial charge in [0.25, 0.3) is 0 Å². The molecule has 0 saturated carbocycles. The number of rotatable bonds is 1. The largest absolute Gasteiger partial charge is 0.416 e. The number of nitrogens with zero attached hydrogens (tertiary/aromatic N) is 2. The molecule has 1 unspecified atom stereocenters. The fourth-order valence-electron chi connectivity index (χ4n) is 1.71. The van der Waals surface area contributed by atoms with Crippen LogP contribution in [0.3, 0.4) is 0 Å². The van der Waals surface area contributed by atoms with Crippen molar-refractivity contribution >= 4 is 11.6 Å². The van der Waals surface area contributed by atoms with Gasteiger partial charge in [-0.15, -0.1) is 0 Å². The van der Waals surface area contributed by atoms with E-state index < -0.39 is 23.7 Å². The third-order valence-corrected chi connectivity index (χ3v) is 2.70. The zero-order valence-electron chi connectivity index (χ0n) is 9.03. The molecule has 0 spiro atoms. The molecule has 1 aromatic rings. The lowest BCUT2D eigenvalue weighted by Crippen LogP contribution is -2.61. The highest BCUT2D eigenvalue weighted by atomic mass is 19.4. The average Bonchev–Trinajstić information content (AvgIpc) is 2.33. The molecule has 1 aromatic carbocycles. The van der Waals surface area contributed by atoms with E-state index in [1.165, 1.54) is 4.90 Å². The fraction of sp³-hybridized carbons (Fsp3) is 0.273. The van der Waals surface area contributed by atoms with Crippen molar-refractivity contribution in [2.75, 3.05) is 11.4 Å². The van der Waals surface area contributed by atoms with E-state index in [1.54, 1.807) is 6.07 Å². The summed E-state index contributed by atoms with van der Waals surface area (Å²) < 4.78 is 37.4. The summed E-state index contributed by atoms with van der Waals surface area (Å²) in [7, 11) is 0. The lowest BCUT2D eigenvalue weighted by molar-refractivity contribution is -0.137. The van der Waals surface area contributed by atoms with Gasteiger partial charge in [0.05, 0.1) is 23.4 Å². The first kappa shape index (κ1) is 12.4. The molecule has 1 fully saturated rings. The Labute approximate surface area is 100 Å². The number of amides is 1. The van der Waals surface area contributed by atoms with Crippen molar-refractivity contribution in [2.24, 2.45) is 5.73 Å². The second-order valence-electron chi connectivity index (χ2n) is 3.90. The van der Waals surface area contributed by atoms with Crippen molar-refractivity contribution in [3.8, 4) is 6.07 Å². The van der Waals surface area contributed by atoms with Crippen LogP contribution >= 0.6 is 0 Å². The minimum atomic E-state index is -4.51. The molecular formula is C11H8F3N3O. The average molecular weight is 255 g/mol. The molecule has 94 valence electrons. The number of carbonyl (C=O) groups is 1. The van der Waals surface area contributed by atoms with E-state index in [-0.39, 0.29) is 17.8 Å². The van der Waals surface area contributed by atoms with E-state index in [2.05, 4.69) is 0 Å². The van der Waals surface area contributed by atoms with Crippen molar-refractivity contribution in [1.82, 2.24) is 0 Å². The molecule has 18 heavy (non-hydrogen) atoms. The number of hydrogen-bond donors (Lipinski definition) is 1. The molecule has 1 saturated heterocycles. The summed E-state index contributed by atoms with van der Waals surface area (Å²) in [6.45, 7) is 0.207. The van der Waals surface area contributed by atoms with Gasteiger partial charge in [-0.2, -0.15) is 18.4 Å². The van der Waals surface area contributed by atoms with E-state index in [0.717, 1.165) is 18.2 Å². The fourth-order valence-corrected chi connectivity index (χ4v) is 1.71. The summed E-state index contributed by atoms with van der Waals surface area (Å²) in [5.41, 5.74) is 4.44. The van der Waals surface area contributed by atoms with Crippen molar-refractivity contribution in [3.63, 3.8) is 0 Å². The van der Waals surface area contributed by atoms with Crippen molar-refractivity contribution < 1.29 is 18.0 Å². The molecule has 1 heterocycles. The number of alkyl halides is 3. The van der Waals surface area contributed by atoms with E-state index in [4.69, 9.17) is 11.0 Å². The number of benzene rings is 1. The van der Waals surface area contributed by atoms with Gasteiger partial charge in [0, 0.05) is 0 Å². The summed E-state index contributed by atoms with van der Waals surface area (Å²) in [5.74, 6) is -0.397. The third kappa shape index (κ3) is 1.91. The van der Waals surface area contributed by atoms with Crippen LogP contribution in [-0.2, 0) is 11.0 Å². The first-order valence-electron chi connectivity index (χ1n) is 5.03. The Balaban J connectivity index is 2.40. The predicted molar refractivity (Wildman–Crippen MR) is 56.5 cm³/mol. The maximum atomic E-state index is 12.5. The van der Waals surface area contributed by atoms with Crippen LogP contribution in [0.5, 0.6) is 0 Å². The van der Waals surface area contributed by atoms with Crippen LogP contribution in [0, 0.1) is 11.3 Å². The van der Waals surface area contributed by atoms with E-state index in [0.29, 0.717) is 0 Å². The number of nitriles is 1. The summed E-state index contributed by atoms with van der Waals surface area (Å²) in [6.07, 6.45) is -4.51. The molecule has 1 aliphatic rings. The van der Waals surface area contributed by atoms with Gasteiger partial charge in [-0.25, -0.2) is 0 Å². The van der Waals surface area contributed by atoms with Crippen LogP contribution in [0.15, 0.2) is 18.2 Å². The van der Waals surface area contributed by atoms with Gasteiger partial charge >= 0.3 is 6.18 Å². The third-order valence-electron chi connectivity index (χ3n) is 2.70. The minimum Gasteiger partial charge on any atom is -0.318 e. The van der Waals surface area contributed by atoms with Crippen LogP contribution < -0.4 is 10.6 Å². The molecule has 0 bridgehead atoms. The summed E-state index contributed by atoms with van der Waals surface area (Å²) in [6, 6.07) is 3.70. The highest BCUT2D eigenvalue weighted by Gasteiger charge is 2.37. The lowest BCUT2D eigenvalue weighted by Gasteiger charge is -2.36. The maximum Gasteiger partial charge on any atom is 0.416 e.